The van der Waals surface area contributed by atoms with E-state index in [0.29, 0.717) is 42.8 Å². The van der Waals surface area contributed by atoms with E-state index in [0.717, 1.165) is 27.3 Å². The Hall–Kier alpha value is -6.27. The summed E-state index contributed by atoms with van der Waals surface area (Å²) in [6.07, 6.45) is 6.87. The number of rotatable bonds is 6. The molecule has 0 saturated heterocycles. The minimum absolute atomic E-state index is 0.268. The molecule has 0 unspecified atom stereocenters. The molecule has 0 atom stereocenters. The molecular formula is C38H31BrN10O. The fourth-order valence-electron chi connectivity index (χ4n) is 5.38. The van der Waals surface area contributed by atoms with Gasteiger partial charge in [0.15, 0.2) is 5.82 Å². The van der Waals surface area contributed by atoms with Crippen molar-refractivity contribution >= 4 is 56.3 Å². The molecule has 8 rings (SSSR count). The molecule has 0 bridgehead atoms. The van der Waals surface area contributed by atoms with E-state index in [1.54, 1.807) is 35.8 Å². The largest absolute Gasteiger partial charge is 0.351 e. The van der Waals surface area contributed by atoms with Gasteiger partial charge in [-0.05, 0) is 82.7 Å². The molecule has 0 N–H and O–H groups in total. The first-order valence-electron chi connectivity index (χ1n) is 15.9. The molecule has 5 heterocycles. The summed E-state index contributed by atoms with van der Waals surface area (Å²) in [4.78, 5) is 34.4. The summed E-state index contributed by atoms with van der Waals surface area (Å²) in [6, 6.07) is 40.6. The highest BCUT2D eigenvalue weighted by Crippen LogP contribution is 2.30. The van der Waals surface area contributed by atoms with Gasteiger partial charge in [-0.15, -0.1) is 0 Å². The molecule has 0 saturated carbocycles. The van der Waals surface area contributed by atoms with Crippen LogP contribution in [0.1, 0.15) is 11.5 Å². The molecule has 2 aliphatic heterocycles. The van der Waals surface area contributed by atoms with Crippen LogP contribution in [0.25, 0.3) is 0 Å². The number of carbonyl (C=O) groups excluding carboxylic acids is 1. The summed E-state index contributed by atoms with van der Waals surface area (Å²) in [7, 11) is 0. The van der Waals surface area contributed by atoms with Crippen LogP contribution < -0.4 is 19.8 Å². The van der Waals surface area contributed by atoms with Crippen LogP contribution in [-0.4, -0.2) is 57.1 Å². The predicted molar refractivity (Wildman–Crippen MR) is 201 cm³/mol. The van der Waals surface area contributed by atoms with Crippen molar-refractivity contribution in [3.63, 3.8) is 0 Å². The number of hydrogen-bond acceptors (Lipinski definition) is 9. The summed E-state index contributed by atoms with van der Waals surface area (Å²) >= 11 is 3.50. The summed E-state index contributed by atoms with van der Waals surface area (Å²) in [5, 5.41) is 12.7. The number of urea groups is 1. The van der Waals surface area contributed by atoms with Crippen LogP contribution in [0.5, 0.6) is 0 Å². The van der Waals surface area contributed by atoms with Crippen LogP contribution >= 0.6 is 15.9 Å². The van der Waals surface area contributed by atoms with Gasteiger partial charge < -0.3 is 4.90 Å². The average molecular weight is 724 g/mol. The number of hydrazone groups is 2. The topological polar surface area (TPSA) is 106 Å². The smallest absolute Gasteiger partial charge is 0.346 e. The third-order valence-electron chi connectivity index (χ3n) is 7.79. The van der Waals surface area contributed by atoms with Gasteiger partial charge in [-0.2, -0.15) is 15.2 Å². The standard InChI is InChI=1S/C19H14BrN5O.C19H17N5/c20-14-7-1-2-9-17(14)25-19(26)24(18-10-4-6-12-22-18)13-16(23-25)15-8-3-5-11-21-15;1-3-8-16(9-4-1)23-14-18(19-20-12-7-13-21-19)22-24(15-23)17-10-5-2-6-11-17/h1-12H,13H2;1-13H,14-15H2. The quantitative estimate of drug-likeness (QED) is 0.178. The number of nitrogens with zero attached hydrogens (tertiary/aromatic N) is 10. The molecule has 0 radical (unpaired) electrons. The molecule has 246 valence electrons. The van der Waals surface area contributed by atoms with Crippen molar-refractivity contribution in [2.24, 2.45) is 10.2 Å². The van der Waals surface area contributed by atoms with E-state index in [2.05, 4.69) is 70.1 Å². The Kier molecular flexibility index (Phi) is 9.88. The number of hydrogen-bond donors (Lipinski definition) is 0. The minimum atomic E-state index is -0.268. The first-order chi connectivity index (χ1) is 24.6. The number of carbonyl (C=O) groups is 1. The van der Waals surface area contributed by atoms with Gasteiger partial charge in [0.2, 0.25) is 0 Å². The third-order valence-corrected chi connectivity index (χ3v) is 8.46. The lowest BCUT2D eigenvalue weighted by molar-refractivity contribution is 0.251. The van der Waals surface area contributed by atoms with E-state index >= 15 is 0 Å². The fraction of sp³-hybridized carbons (Fsp3) is 0.0789. The Labute approximate surface area is 298 Å². The van der Waals surface area contributed by atoms with Gasteiger partial charge >= 0.3 is 6.03 Å². The van der Waals surface area contributed by atoms with E-state index in [-0.39, 0.29) is 6.03 Å². The van der Waals surface area contributed by atoms with Crippen molar-refractivity contribution in [2.45, 2.75) is 0 Å². The first kappa shape index (κ1) is 32.3. The van der Waals surface area contributed by atoms with Crippen molar-refractivity contribution < 1.29 is 4.79 Å². The van der Waals surface area contributed by atoms with Gasteiger partial charge in [0.05, 0.1) is 30.2 Å². The number of anilines is 4. The van der Waals surface area contributed by atoms with E-state index < -0.39 is 0 Å². The van der Waals surface area contributed by atoms with Gasteiger partial charge in [-0.3, -0.25) is 9.88 Å². The number of benzene rings is 3. The molecule has 2 amide bonds. The van der Waals surface area contributed by atoms with Crippen LogP contribution in [0.2, 0.25) is 0 Å². The number of halogens is 1. The minimum Gasteiger partial charge on any atom is -0.346 e. The van der Waals surface area contributed by atoms with Crippen LogP contribution in [0.3, 0.4) is 0 Å². The van der Waals surface area contributed by atoms with Gasteiger partial charge in [0, 0.05) is 34.9 Å². The fourth-order valence-corrected chi connectivity index (χ4v) is 5.83. The maximum absolute atomic E-state index is 13.1. The monoisotopic (exact) mass is 722 g/mol. The molecular weight excluding hydrogens is 692 g/mol. The number of amides is 2. The Morgan fingerprint density at radius 3 is 1.88 bits per heavy atom. The van der Waals surface area contributed by atoms with Gasteiger partial charge in [0.25, 0.3) is 0 Å². The third kappa shape index (κ3) is 7.40. The van der Waals surface area contributed by atoms with Crippen LogP contribution in [0.15, 0.2) is 167 Å². The van der Waals surface area contributed by atoms with Gasteiger partial charge in [0.1, 0.15) is 23.9 Å². The Morgan fingerprint density at radius 1 is 0.560 bits per heavy atom. The van der Waals surface area contributed by atoms with Crippen molar-refractivity contribution in [1.82, 2.24) is 19.9 Å². The molecule has 6 aromatic rings. The summed E-state index contributed by atoms with van der Waals surface area (Å²) < 4.78 is 0.778. The lowest BCUT2D eigenvalue weighted by Gasteiger charge is -2.35. The van der Waals surface area contributed by atoms with Gasteiger partial charge in [-0.1, -0.05) is 60.7 Å². The number of pyridine rings is 2. The van der Waals surface area contributed by atoms with Crippen molar-refractivity contribution in [3.8, 4) is 0 Å². The number of para-hydroxylation sites is 3. The molecule has 0 spiro atoms. The SMILES string of the molecule is O=C1N(c2ccccn2)CC(c2ccccn2)=NN1c1ccccc1Br.c1ccc(N2CC(c3ncccn3)=NN(c3ccccc3)C2)cc1. The average Bonchev–Trinajstić information content (AvgIpc) is 3.20. The summed E-state index contributed by atoms with van der Waals surface area (Å²) in [6.45, 7) is 1.66. The Balaban J connectivity index is 0.000000157. The van der Waals surface area contributed by atoms with Crippen LogP contribution in [0, 0.1) is 0 Å². The second-order valence-electron chi connectivity index (χ2n) is 11.1. The van der Waals surface area contributed by atoms with E-state index in [1.165, 1.54) is 5.01 Å². The Morgan fingerprint density at radius 2 is 1.20 bits per heavy atom. The Bertz CT molecular complexity index is 2090. The van der Waals surface area contributed by atoms with Crippen molar-refractivity contribution in [3.05, 3.63) is 168 Å². The zero-order chi connectivity index (χ0) is 34.1. The molecule has 50 heavy (non-hydrogen) atoms. The molecule has 11 nitrogen and oxygen atoms in total. The maximum atomic E-state index is 13.1. The maximum Gasteiger partial charge on any atom is 0.351 e. The molecule has 2 aliphatic rings. The first-order valence-corrected chi connectivity index (χ1v) is 16.7. The van der Waals surface area contributed by atoms with E-state index in [9.17, 15) is 4.79 Å². The van der Waals surface area contributed by atoms with Crippen LogP contribution in [0.4, 0.5) is 27.7 Å². The highest BCUT2D eigenvalue weighted by molar-refractivity contribution is 9.10. The second kappa shape index (κ2) is 15.3. The lowest BCUT2D eigenvalue weighted by atomic mass is 10.2. The van der Waals surface area contributed by atoms with Crippen molar-refractivity contribution in [1.29, 1.82) is 0 Å². The molecule has 0 aliphatic carbocycles. The molecule has 12 heteroatoms. The lowest BCUT2D eigenvalue weighted by Crippen LogP contribution is -2.49. The zero-order valence-corrected chi connectivity index (χ0v) is 28.4. The highest BCUT2D eigenvalue weighted by atomic mass is 79.9. The molecule has 3 aromatic heterocycles. The van der Waals surface area contributed by atoms with Crippen LogP contribution in [-0.2, 0) is 0 Å². The zero-order valence-electron chi connectivity index (χ0n) is 26.8. The predicted octanol–water partition coefficient (Wildman–Crippen LogP) is 7.26. The summed E-state index contributed by atoms with van der Waals surface area (Å²) in [5.74, 6) is 1.23. The van der Waals surface area contributed by atoms with Crippen molar-refractivity contribution in [2.75, 3.05) is 39.6 Å². The second-order valence-corrected chi connectivity index (χ2v) is 12.0. The molecule has 0 fully saturated rings. The van der Waals surface area contributed by atoms with Gasteiger partial charge in [-0.25, -0.2) is 24.8 Å². The summed E-state index contributed by atoms with van der Waals surface area (Å²) in [5.41, 5.74) is 5.12. The highest BCUT2D eigenvalue weighted by Gasteiger charge is 2.32. The van der Waals surface area contributed by atoms with E-state index in [4.69, 9.17) is 5.10 Å². The van der Waals surface area contributed by atoms with E-state index in [1.807, 2.05) is 102 Å². The number of aromatic nitrogens is 4. The molecule has 3 aromatic carbocycles. The normalized spacial score (nSPS) is 14.4.